The van der Waals surface area contributed by atoms with Crippen LogP contribution < -0.4 is 5.73 Å². The number of ether oxygens (including phenoxy) is 1. The first-order valence-electron chi connectivity index (χ1n) is 7.76. The monoisotopic (exact) mass is 269 g/mol. The highest BCUT2D eigenvalue weighted by molar-refractivity contribution is 7.99. The molecule has 2 N–H and O–H groups in total. The molecule has 18 heavy (non-hydrogen) atoms. The zero-order chi connectivity index (χ0) is 12.4. The number of hydrogen-bond donors (Lipinski definition) is 1. The van der Waals surface area contributed by atoms with Crippen molar-refractivity contribution in [3.63, 3.8) is 0 Å². The van der Waals surface area contributed by atoms with Crippen molar-refractivity contribution in [1.82, 2.24) is 0 Å². The molecule has 0 radical (unpaired) electrons. The van der Waals surface area contributed by atoms with Gasteiger partial charge in [0.1, 0.15) is 0 Å². The molecule has 3 aliphatic rings. The molecule has 0 amide bonds. The Morgan fingerprint density at radius 1 is 1.06 bits per heavy atom. The first kappa shape index (κ1) is 13.3. The standard InChI is InChI=1S/C15H27NOS/c16-14-4-2-1-3-13(14)12-5-8-17-15(11-12)6-9-18-10-7-15/h12-14H,1-11,16H2. The molecule has 0 aromatic rings. The maximum Gasteiger partial charge on any atom is 0.0701 e. The fourth-order valence-electron chi connectivity index (χ4n) is 4.30. The highest BCUT2D eigenvalue weighted by atomic mass is 32.2. The molecule has 3 rings (SSSR count). The number of nitrogens with two attached hydrogens (primary N) is 1. The van der Waals surface area contributed by atoms with E-state index in [2.05, 4.69) is 11.8 Å². The van der Waals surface area contributed by atoms with Crippen molar-refractivity contribution < 1.29 is 4.74 Å². The minimum Gasteiger partial charge on any atom is -0.375 e. The fraction of sp³-hybridized carbons (Fsp3) is 1.00. The summed E-state index contributed by atoms with van der Waals surface area (Å²) in [5.41, 5.74) is 6.62. The van der Waals surface area contributed by atoms with E-state index in [4.69, 9.17) is 10.5 Å². The maximum atomic E-state index is 6.38. The van der Waals surface area contributed by atoms with E-state index in [1.807, 2.05) is 0 Å². The van der Waals surface area contributed by atoms with E-state index in [0.717, 1.165) is 18.4 Å². The average Bonchev–Trinajstić information content (AvgIpc) is 2.40. The lowest BCUT2D eigenvalue weighted by atomic mass is 9.69. The predicted molar refractivity (Wildman–Crippen MR) is 77.9 cm³/mol. The van der Waals surface area contributed by atoms with Crippen LogP contribution in [0.1, 0.15) is 51.4 Å². The van der Waals surface area contributed by atoms with Crippen LogP contribution in [0, 0.1) is 11.8 Å². The predicted octanol–water partition coefficient (Wildman–Crippen LogP) is 3.20. The summed E-state index contributed by atoms with van der Waals surface area (Å²) in [6.45, 7) is 0.985. The summed E-state index contributed by atoms with van der Waals surface area (Å²) >= 11 is 2.10. The van der Waals surface area contributed by atoms with Crippen LogP contribution in [-0.2, 0) is 4.74 Å². The van der Waals surface area contributed by atoms with Gasteiger partial charge in [-0.3, -0.25) is 0 Å². The summed E-state index contributed by atoms with van der Waals surface area (Å²) in [5, 5.41) is 0. The number of rotatable bonds is 1. The van der Waals surface area contributed by atoms with Gasteiger partial charge in [-0.2, -0.15) is 11.8 Å². The van der Waals surface area contributed by atoms with E-state index < -0.39 is 0 Å². The lowest BCUT2D eigenvalue weighted by molar-refractivity contribution is -0.114. The van der Waals surface area contributed by atoms with Gasteiger partial charge in [-0.15, -0.1) is 0 Å². The van der Waals surface area contributed by atoms with Gasteiger partial charge in [0.15, 0.2) is 0 Å². The molecule has 104 valence electrons. The number of thioether (sulfide) groups is 1. The normalized spacial score (nSPS) is 40.8. The van der Waals surface area contributed by atoms with E-state index in [1.165, 1.54) is 62.9 Å². The van der Waals surface area contributed by atoms with Crippen LogP contribution in [0.3, 0.4) is 0 Å². The van der Waals surface area contributed by atoms with Gasteiger partial charge in [0.05, 0.1) is 5.60 Å². The summed E-state index contributed by atoms with van der Waals surface area (Å²) in [6, 6.07) is 0.469. The molecule has 3 heteroatoms. The van der Waals surface area contributed by atoms with E-state index in [1.54, 1.807) is 0 Å². The summed E-state index contributed by atoms with van der Waals surface area (Å²) in [6.07, 6.45) is 10.5. The third-order valence-electron chi connectivity index (χ3n) is 5.42. The molecule has 0 aromatic heterocycles. The average molecular weight is 269 g/mol. The van der Waals surface area contributed by atoms with Crippen LogP contribution in [0.4, 0.5) is 0 Å². The van der Waals surface area contributed by atoms with Gasteiger partial charge in [0.25, 0.3) is 0 Å². The second-order valence-corrected chi connectivity index (χ2v) is 7.73. The van der Waals surface area contributed by atoms with Gasteiger partial charge in [0, 0.05) is 12.6 Å². The van der Waals surface area contributed by atoms with Crippen molar-refractivity contribution in [2.45, 2.75) is 63.0 Å². The van der Waals surface area contributed by atoms with Gasteiger partial charge in [-0.1, -0.05) is 12.8 Å². The molecule has 2 aliphatic heterocycles. The molecule has 3 unspecified atom stereocenters. The Labute approximate surface area is 115 Å². The highest BCUT2D eigenvalue weighted by Gasteiger charge is 2.42. The minimum atomic E-state index is 0.241. The third-order valence-corrected chi connectivity index (χ3v) is 6.40. The third kappa shape index (κ3) is 2.73. The van der Waals surface area contributed by atoms with E-state index in [-0.39, 0.29) is 5.60 Å². The van der Waals surface area contributed by atoms with Crippen LogP contribution >= 0.6 is 11.8 Å². The van der Waals surface area contributed by atoms with Crippen molar-refractivity contribution in [3.8, 4) is 0 Å². The van der Waals surface area contributed by atoms with Crippen molar-refractivity contribution in [2.75, 3.05) is 18.1 Å². The molecule has 3 fully saturated rings. The zero-order valence-electron chi connectivity index (χ0n) is 11.4. The van der Waals surface area contributed by atoms with Crippen LogP contribution in [0.15, 0.2) is 0 Å². The molecule has 0 aromatic carbocycles. The Balaban J connectivity index is 1.65. The molecule has 2 nitrogen and oxygen atoms in total. The smallest absolute Gasteiger partial charge is 0.0701 e. The molecule has 1 saturated carbocycles. The molecule has 1 aliphatic carbocycles. The van der Waals surface area contributed by atoms with Gasteiger partial charge < -0.3 is 10.5 Å². The summed E-state index contributed by atoms with van der Waals surface area (Å²) in [5.74, 6) is 4.22. The summed E-state index contributed by atoms with van der Waals surface area (Å²) in [4.78, 5) is 0. The van der Waals surface area contributed by atoms with Crippen molar-refractivity contribution >= 4 is 11.8 Å². The SMILES string of the molecule is NC1CCCCC1C1CCOC2(CCSCC2)C1. The Morgan fingerprint density at radius 3 is 2.61 bits per heavy atom. The molecule has 2 heterocycles. The van der Waals surface area contributed by atoms with Gasteiger partial charge in [-0.25, -0.2) is 0 Å². The topological polar surface area (TPSA) is 35.2 Å². The Bertz CT molecular complexity index is 272. The van der Waals surface area contributed by atoms with Crippen LogP contribution in [0.2, 0.25) is 0 Å². The summed E-state index contributed by atoms with van der Waals surface area (Å²) < 4.78 is 6.21. The van der Waals surface area contributed by atoms with Crippen molar-refractivity contribution in [2.24, 2.45) is 17.6 Å². The summed E-state index contributed by atoms with van der Waals surface area (Å²) in [7, 11) is 0. The molecule has 0 bridgehead atoms. The molecular weight excluding hydrogens is 242 g/mol. The minimum absolute atomic E-state index is 0.241. The first-order valence-corrected chi connectivity index (χ1v) is 8.92. The van der Waals surface area contributed by atoms with Crippen molar-refractivity contribution in [3.05, 3.63) is 0 Å². The molecular formula is C15H27NOS. The van der Waals surface area contributed by atoms with E-state index >= 15 is 0 Å². The lowest BCUT2D eigenvalue weighted by Gasteiger charge is -2.47. The Morgan fingerprint density at radius 2 is 1.83 bits per heavy atom. The highest BCUT2D eigenvalue weighted by Crippen LogP contribution is 2.44. The van der Waals surface area contributed by atoms with E-state index in [9.17, 15) is 0 Å². The fourth-order valence-corrected chi connectivity index (χ4v) is 5.53. The van der Waals surface area contributed by atoms with Crippen LogP contribution in [0.25, 0.3) is 0 Å². The molecule has 2 saturated heterocycles. The number of hydrogen-bond acceptors (Lipinski definition) is 3. The van der Waals surface area contributed by atoms with E-state index in [0.29, 0.717) is 6.04 Å². The second kappa shape index (κ2) is 5.72. The van der Waals surface area contributed by atoms with Crippen LogP contribution in [-0.4, -0.2) is 29.8 Å². The zero-order valence-corrected chi connectivity index (χ0v) is 12.2. The van der Waals surface area contributed by atoms with Gasteiger partial charge >= 0.3 is 0 Å². The molecule has 1 spiro atoms. The quantitative estimate of drug-likeness (QED) is 0.794. The van der Waals surface area contributed by atoms with Gasteiger partial charge in [0.2, 0.25) is 0 Å². The maximum absolute atomic E-state index is 6.38. The van der Waals surface area contributed by atoms with Gasteiger partial charge in [-0.05, 0) is 61.9 Å². The Kier molecular flexibility index (Phi) is 4.21. The Hall–Kier alpha value is 0.270. The van der Waals surface area contributed by atoms with Crippen LogP contribution in [0.5, 0.6) is 0 Å². The first-order chi connectivity index (χ1) is 8.79. The largest absolute Gasteiger partial charge is 0.375 e. The molecule has 3 atom stereocenters. The van der Waals surface area contributed by atoms with Crippen molar-refractivity contribution in [1.29, 1.82) is 0 Å². The second-order valence-electron chi connectivity index (χ2n) is 6.51. The lowest BCUT2D eigenvalue weighted by Crippen LogP contribution is -2.47.